The average Bonchev–Trinajstić information content (AvgIpc) is 2.62. The maximum Gasteiger partial charge on any atom is 0.227 e. The molecule has 1 saturated heterocycles. The number of rotatable bonds is 3. The van der Waals surface area contributed by atoms with Crippen molar-refractivity contribution in [2.45, 2.75) is 51.5 Å². The van der Waals surface area contributed by atoms with Crippen LogP contribution in [-0.2, 0) is 4.79 Å². The fourth-order valence-corrected chi connectivity index (χ4v) is 3.91. The zero-order valence-electron chi connectivity index (χ0n) is 14.3. The van der Waals surface area contributed by atoms with E-state index in [4.69, 9.17) is 0 Å². The molecular formula is C18H28N4O. The molecule has 23 heavy (non-hydrogen) atoms. The van der Waals surface area contributed by atoms with Crippen molar-refractivity contribution in [1.82, 2.24) is 14.9 Å². The Hall–Kier alpha value is -1.65. The monoisotopic (exact) mass is 316 g/mol. The van der Waals surface area contributed by atoms with Gasteiger partial charge < -0.3 is 9.80 Å². The van der Waals surface area contributed by atoms with E-state index in [2.05, 4.69) is 21.8 Å². The first-order valence-corrected chi connectivity index (χ1v) is 8.93. The summed E-state index contributed by atoms with van der Waals surface area (Å²) in [6.45, 7) is 4.01. The normalized spacial score (nSPS) is 28.4. The van der Waals surface area contributed by atoms with Crippen LogP contribution < -0.4 is 4.90 Å². The second-order valence-electron chi connectivity index (χ2n) is 7.20. The van der Waals surface area contributed by atoms with Crippen LogP contribution in [0.15, 0.2) is 18.5 Å². The number of piperidine rings is 1. The number of carbonyl (C=O) groups excluding carboxylic acids is 1. The average molecular weight is 316 g/mol. The number of anilines is 1. The molecule has 2 aliphatic rings. The number of aromatic nitrogens is 2. The molecule has 1 atom stereocenters. The summed E-state index contributed by atoms with van der Waals surface area (Å²) >= 11 is 0. The highest BCUT2D eigenvalue weighted by Gasteiger charge is 2.32. The van der Waals surface area contributed by atoms with Crippen molar-refractivity contribution in [1.29, 1.82) is 0 Å². The van der Waals surface area contributed by atoms with Gasteiger partial charge in [-0.05, 0) is 50.5 Å². The molecule has 1 aromatic rings. The van der Waals surface area contributed by atoms with Gasteiger partial charge >= 0.3 is 0 Å². The third kappa shape index (κ3) is 3.82. The molecule has 1 unspecified atom stereocenters. The standard InChI is InChI=1S/C18H28N4O/c1-14-6-8-16(9-7-14)21(2)17(23)15-5-3-12-22(13-15)18-19-10-4-11-20-18/h4,10-11,14-16H,3,5-9,12-13H2,1-2H3. The summed E-state index contributed by atoms with van der Waals surface area (Å²) in [6.07, 6.45) is 10.4. The molecule has 5 heteroatoms. The summed E-state index contributed by atoms with van der Waals surface area (Å²) in [7, 11) is 2.00. The number of hydrogen-bond acceptors (Lipinski definition) is 4. The van der Waals surface area contributed by atoms with Gasteiger partial charge in [0.05, 0.1) is 5.92 Å². The number of amides is 1. The zero-order chi connectivity index (χ0) is 16.2. The van der Waals surface area contributed by atoms with Crippen molar-refractivity contribution >= 4 is 11.9 Å². The minimum Gasteiger partial charge on any atom is -0.342 e. The van der Waals surface area contributed by atoms with Crippen LogP contribution in [0.25, 0.3) is 0 Å². The van der Waals surface area contributed by atoms with Gasteiger partial charge in [-0.15, -0.1) is 0 Å². The fraction of sp³-hybridized carbons (Fsp3) is 0.722. The van der Waals surface area contributed by atoms with E-state index in [1.165, 1.54) is 12.8 Å². The summed E-state index contributed by atoms with van der Waals surface area (Å²) in [5.41, 5.74) is 0. The molecule has 2 fully saturated rings. The SMILES string of the molecule is CC1CCC(N(C)C(=O)C2CCCN(c3ncccn3)C2)CC1. The van der Waals surface area contributed by atoms with E-state index in [-0.39, 0.29) is 5.92 Å². The largest absolute Gasteiger partial charge is 0.342 e. The summed E-state index contributed by atoms with van der Waals surface area (Å²) in [4.78, 5) is 25.8. The van der Waals surface area contributed by atoms with Gasteiger partial charge in [0.15, 0.2) is 0 Å². The van der Waals surface area contributed by atoms with Crippen LogP contribution in [0.5, 0.6) is 0 Å². The van der Waals surface area contributed by atoms with Gasteiger partial charge in [0.2, 0.25) is 11.9 Å². The highest BCUT2D eigenvalue weighted by Crippen LogP contribution is 2.29. The molecule has 1 aliphatic carbocycles. The highest BCUT2D eigenvalue weighted by atomic mass is 16.2. The minimum atomic E-state index is 0.0805. The highest BCUT2D eigenvalue weighted by molar-refractivity contribution is 5.79. The van der Waals surface area contributed by atoms with Gasteiger partial charge in [-0.3, -0.25) is 4.79 Å². The van der Waals surface area contributed by atoms with Gasteiger partial charge in [-0.25, -0.2) is 9.97 Å². The molecule has 1 aromatic heterocycles. The van der Waals surface area contributed by atoms with Gasteiger partial charge in [0, 0.05) is 38.6 Å². The summed E-state index contributed by atoms with van der Waals surface area (Å²) < 4.78 is 0. The van der Waals surface area contributed by atoms with Crippen molar-refractivity contribution in [3.8, 4) is 0 Å². The predicted molar refractivity (Wildman–Crippen MR) is 91.2 cm³/mol. The third-order valence-corrected chi connectivity index (χ3v) is 5.49. The van der Waals surface area contributed by atoms with Crippen LogP contribution in [0.2, 0.25) is 0 Å². The van der Waals surface area contributed by atoms with Crippen molar-refractivity contribution in [2.24, 2.45) is 11.8 Å². The Morgan fingerprint density at radius 3 is 2.57 bits per heavy atom. The Kier molecular flexibility index (Phi) is 5.13. The molecule has 0 spiro atoms. The van der Waals surface area contributed by atoms with Gasteiger partial charge in [0.1, 0.15) is 0 Å². The lowest BCUT2D eigenvalue weighted by atomic mass is 9.86. The Labute approximate surface area is 139 Å². The second kappa shape index (κ2) is 7.28. The molecule has 126 valence electrons. The van der Waals surface area contributed by atoms with Gasteiger partial charge in [-0.2, -0.15) is 0 Å². The fourth-order valence-electron chi connectivity index (χ4n) is 3.91. The van der Waals surface area contributed by atoms with Crippen LogP contribution in [-0.4, -0.2) is 47.0 Å². The smallest absolute Gasteiger partial charge is 0.227 e. The molecule has 0 aromatic carbocycles. The van der Waals surface area contributed by atoms with E-state index >= 15 is 0 Å². The van der Waals surface area contributed by atoms with Crippen LogP contribution in [0, 0.1) is 11.8 Å². The first kappa shape index (κ1) is 16.2. The minimum absolute atomic E-state index is 0.0805. The third-order valence-electron chi connectivity index (χ3n) is 5.49. The molecule has 1 amide bonds. The van der Waals surface area contributed by atoms with E-state index in [1.54, 1.807) is 12.4 Å². The van der Waals surface area contributed by atoms with Crippen molar-refractivity contribution in [2.75, 3.05) is 25.0 Å². The van der Waals surface area contributed by atoms with Crippen LogP contribution in [0.3, 0.4) is 0 Å². The Morgan fingerprint density at radius 2 is 1.87 bits per heavy atom. The Morgan fingerprint density at radius 1 is 1.17 bits per heavy atom. The number of carbonyl (C=O) groups is 1. The molecule has 1 aliphatic heterocycles. The Bertz CT molecular complexity index is 513. The molecule has 3 rings (SSSR count). The molecule has 0 bridgehead atoms. The van der Waals surface area contributed by atoms with Crippen LogP contribution in [0.4, 0.5) is 5.95 Å². The first-order valence-electron chi connectivity index (χ1n) is 8.93. The number of hydrogen-bond donors (Lipinski definition) is 0. The quantitative estimate of drug-likeness (QED) is 0.860. The maximum atomic E-state index is 12.9. The summed E-state index contributed by atoms with van der Waals surface area (Å²) in [6, 6.07) is 2.26. The topological polar surface area (TPSA) is 49.3 Å². The molecule has 0 radical (unpaired) electrons. The van der Waals surface area contributed by atoms with Gasteiger partial charge in [0.25, 0.3) is 0 Å². The summed E-state index contributed by atoms with van der Waals surface area (Å²) in [5.74, 6) is 1.95. The predicted octanol–water partition coefficient (Wildman–Crippen LogP) is 2.73. The lowest BCUT2D eigenvalue weighted by Gasteiger charge is -2.38. The van der Waals surface area contributed by atoms with E-state index in [9.17, 15) is 4.79 Å². The van der Waals surface area contributed by atoms with Crippen LogP contribution >= 0.6 is 0 Å². The first-order chi connectivity index (χ1) is 11.1. The second-order valence-corrected chi connectivity index (χ2v) is 7.20. The lowest BCUT2D eigenvalue weighted by molar-refractivity contribution is -0.137. The van der Waals surface area contributed by atoms with E-state index in [1.807, 2.05) is 18.0 Å². The molecule has 0 N–H and O–H groups in total. The van der Waals surface area contributed by atoms with E-state index < -0.39 is 0 Å². The van der Waals surface area contributed by atoms with Crippen molar-refractivity contribution < 1.29 is 4.79 Å². The lowest BCUT2D eigenvalue weighted by Crippen LogP contribution is -2.47. The van der Waals surface area contributed by atoms with E-state index in [0.717, 1.165) is 50.6 Å². The van der Waals surface area contributed by atoms with Gasteiger partial charge in [-0.1, -0.05) is 6.92 Å². The molecule has 5 nitrogen and oxygen atoms in total. The summed E-state index contributed by atoms with van der Waals surface area (Å²) in [5, 5.41) is 0. The molecule has 2 heterocycles. The maximum absolute atomic E-state index is 12.9. The van der Waals surface area contributed by atoms with Crippen molar-refractivity contribution in [3.05, 3.63) is 18.5 Å². The molecular weight excluding hydrogens is 288 g/mol. The van der Waals surface area contributed by atoms with E-state index in [0.29, 0.717) is 11.9 Å². The molecule has 1 saturated carbocycles. The zero-order valence-corrected chi connectivity index (χ0v) is 14.3. The van der Waals surface area contributed by atoms with Crippen molar-refractivity contribution in [3.63, 3.8) is 0 Å². The Balaban J connectivity index is 1.60. The number of nitrogens with zero attached hydrogens (tertiary/aromatic N) is 4. The van der Waals surface area contributed by atoms with Crippen LogP contribution in [0.1, 0.15) is 45.4 Å².